The molecule has 2 aromatic heterocycles. The van der Waals surface area contributed by atoms with E-state index >= 15 is 0 Å². The zero-order valence-electron chi connectivity index (χ0n) is 10.2. The average molecular weight is 296 g/mol. The highest BCUT2D eigenvalue weighted by atomic mass is 32.1. The van der Waals surface area contributed by atoms with Crippen LogP contribution in [0.1, 0.15) is 16.2 Å². The molecule has 0 aliphatic carbocycles. The molecule has 2 heterocycles. The summed E-state index contributed by atoms with van der Waals surface area (Å²) in [5.74, 6) is -0.0973. The number of fused-ring (bicyclic) bond motifs is 2. The quantitative estimate of drug-likeness (QED) is 0.522. The van der Waals surface area contributed by atoms with E-state index in [1.54, 1.807) is 0 Å². The molecule has 0 saturated heterocycles. The Morgan fingerprint density at radius 3 is 1.70 bits per heavy atom. The maximum Gasteiger partial charge on any atom is 0.233 e. The molecular weight excluding hydrogens is 288 g/mol. The van der Waals surface area contributed by atoms with Crippen LogP contribution in [0.3, 0.4) is 0 Å². The van der Waals surface area contributed by atoms with Crippen molar-refractivity contribution in [1.29, 1.82) is 0 Å². The van der Waals surface area contributed by atoms with Gasteiger partial charge in [0.15, 0.2) is 0 Å². The third-order valence-corrected chi connectivity index (χ3v) is 4.84. The minimum atomic E-state index is -0.0973. The first-order valence-corrected chi connectivity index (χ1v) is 7.63. The Kier molecular flexibility index (Phi) is 2.61. The molecule has 4 aromatic rings. The van der Waals surface area contributed by atoms with Gasteiger partial charge in [-0.3, -0.25) is 4.79 Å². The van der Waals surface area contributed by atoms with E-state index < -0.39 is 0 Å². The summed E-state index contributed by atoms with van der Waals surface area (Å²) < 4.78 is 10.7. The third-order valence-electron chi connectivity index (χ3n) is 3.19. The molecule has 5 heteroatoms. The van der Waals surface area contributed by atoms with Gasteiger partial charge in [0.05, 0.1) is 9.40 Å². The van der Waals surface area contributed by atoms with Crippen molar-refractivity contribution in [2.24, 2.45) is 0 Å². The second-order valence-electron chi connectivity index (χ2n) is 4.38. The number of nitrogens with zero attached hydrogens (tertiary/aromatic N) is 2. The van der Waals surface area contributed by atoms with Gasteiger partial charge >= 0.3 is 0 Å². The zero-order valence-corrected chi connectivity index (χ0v) is 11.9. The highest BCUT2D eigenvalue weighted by molar-refractivity contribution is 7.14. The smallest absolute Gasteiger partial charge is 0.233 e. The lowest BCUT2D eigenvalue weighted by molar-refractivity contribution is 0.103. The molecule has 20 heavy (non-hydrogen) atoms. The summed E-state index contributed by atoms with van der Waals surface area (Å²) >= 11 is 2.70. The summed E-state index contributed by atoms with van der Waals surface area (Å²) in [6, 6.07) is 15.6. The first-order chi connectivity index (χ1) is 9.84. The molecule has 3 nitrogen and oxygen atoms in total. The fourth-order valence-corrected chi connectivity index (χ4v) is 3.76. The van der Waals surface area contributed by atoms with E-state index in [1.807, 2.05) is 48.5 Å². The molecule has 0 bridgehead atoms. The van der Waals surface area contributed by atoms with Crippen LogP contribution < -0.4 is 0 Å². The SMILES string of the molecule is O=C(c1nsc2ccccc12)c1nsc2ccccc12. The molecule has 0 N–H and O–H groups in total. The first-order valence-electron chi connectivity index (χ1n) is 6.08. The summed E-state index contributed by atoms with van der Waals surface area (Å²) in [5, 5.41) is 1.80. The van der Waals surface area contributed by atoms with Crippen LogP contribution in [0.4, 0.5) is 0 Å². The van der Waals surface area contributed by atoms with Crippen molar-refractivity contribution in [1.82, 2.24) is 8.75 Å². The van der Waals surface area contributed by atoms with Crippen LogP contribution in [0.15, 0.2) is 48.5 Å². The molecule has 96 valence electrons. The summed E-state index contributed by atoms with van der Waals surface area (Å²) in [6.45, 7) is 0. The Bertz CT molecular complexity index is 863. The lowest BCUT2D eigenvalue weighted by atomic mass is 10.1. The molecule has 0 unspecified atom stereocenters. The molecule has 0 atom stereocenters. The van der Waals surface area contributed by atoms with Crippen LogP contribution in [-0.4, -0.2) is 14.5 Å². The van der Waals surface area contributed by atoms with E-state index in [4.69, 9.17) is 0 Å². The lowest BCUT2D eigenvalue weighted by Gasteiger charge is -1.95. The molecule has 0 radical (unpaired) electrons. The molecule has 0 fully saturated rings. The van der Waals surface area contributed by atoms with Crippen molar-refractivity contribution in [3.05, 3.63) is 59.9 Å². The minimum Gasteiger partial charge on any atom is -0.285 e. The Balaban J connectivity index is 1.92. The highest BCUT2D eigenvalue weighted by Gasteiger charge is 2.20. The van der Waals surface area contributed by atoms with E-state index in [0.29, 0.717) is 11.4 Å². The number of ketones is 1. The number of benzene rings is 2. The topological polar surface area (TPSA) is 42.9 Å². The maximum atomic E-state index is 12.7. The van der Waals surface area contributed by atoms with Crippen LogP contribution in [0.5, 0.6) is 0 Å². The summed E-state index contributed by atoms with van der Waals surface area (Å²) in [4.78, 5) is 12.7. The predicted molar refractivity (Wildman–Crippen MR) is 82.7 cm³/mol. The number of carbonyl (C=O) groups is 1. The van der Waals surface area contributed by atoms with Crippen LogP contribution in [-0.2, 0) is 0 Å². The summed E-state index contributed by atoms with van der Waals surface area (Å²) in [6.07, 6.45) is 0. The second kappa shape index (κ2) is 4.47. The van der Waals surface area contributed by atoms with Gasteiger partial charge in [0.25, 0.3) is 0 Å². The van der Waals surface area contributed by atoms with Crippen molar-refractivity contribution in [3.8, 4) is 0 Å². The second-order valence-corrected chi connectivity index (χ2v) is 5.99. The number of aromatic nitrogens is 2. The first kappa shape index (κ1) is 11.7. The Labute approximate surface area is 122 Å². The predicted octanol–water partition coefficient (Wildman–Crippen LogP) is 4.14. The van der Waals surface area contributed by atoms with Crippen molar-refractivity contribution in [2.75, 3.05) is 0 Å². The normalized spacial score (nSPS) is 11.2. The van der Waals surface area contributed by atoms with E-state index in [9.17, 15) is 4.79 Å². The van der Waals surface area contributed by atoms with Crippen molar-refractivity contribution < 1.29 is 4.79 Å². The molecular formula is C15H8N2OS2. The number of hydrogen-bond donors (Lipinski definition) is 0. The van der Waals surface area contributed by atoms with E-state index in [2.05, 4.69) is 8.75 Å². The molecule has 2 aromatic carbocycles. The Morgan fingerprint density at radius 1 is 0.750 bits per heavy atom. The van der Waals surface area contributed by atoms with Crippen LogP contribution in [0.2, 0.25) is 0 Å². The van der Waals surface area contributed by atoms with Crippen molar-refractivity contribution in [3.63, 3.8) is 0 Å². The van der Waals surface area contributed by atoms with Crippen LogP contribution in [0.25, 0.3) is 20.2 Å². The minimum absolute atomic E-state index is 0.0973. The van der Waals surface area contributed by atoms with Gasteiger partial charge in [-0.25, -0.2) is 0 Å². The molecule has 0 aliphatic heterocycles. The maximum absolute atomic E-state index is 12.7. The summed E-state index contributed by atoms with van der Waals surface area (Å²) in [5.41, 5.74) is 1.00. The van der Waals surface area contributed by atoms with Gasteiger partial charge in [-0.2, -0.15) is 8.75 Å². The number of rotatable bonds is 2. The van der Waals surface area contributed by atoms with Crippen molar-refractivity contribution >= 4 is 49.0 Å². The number of hydrogen-bond acceptors (Lipinski definition) is 5. The van der Waals surface area contributed by atoms with Gasteiger partial charge in [-0.15, -0.1) is 0 Å². The Morgan fingerprint density at radius 2 is 1.20 bits per heavy atom. The fourth-order valence-electron chi connectivity index (χ4n) is 2.21. The molecule has 0 spiro atoms. The average Bonchev–Trinajstić information content (AvgIpc) is 3.11. The zero-order chi connectivity index (χ0) is 13.5. The van der Waals surface area contributed by atoms with E-state index in [-0.39, 0.29) is 5.78 Å². The monoisotopic (exact) mass is 296 g/mol. The molecule has 0 saturated carbocycles. The van der Waals surface area contributed by atoms with Crippen LogP contribution in [0, 0.1) is 0 Å². The number of carbonyl (C=O) groups excluding carboxylic acids is 1. The molecule has 0 aliphatic rings. The van der Waals surface area contributed by atoms with E-state index in [0.717, 1.165) is 20.2 Å². The van der Waals surface area contributed by atoms with Gasteiger partial charge in [0.1, 0.15) is 11.4 Å². The van der Waals surface area contributed by atoms with Gasteiger partial charge in [0.2, 0.25) is 5.78 Å². The van der Waals surface area contributed by atoms with Crippen LogP contribution >= 0.6 is 23.1 Å². The summed E-state index contributed by atoms with van der Waals surface area (Å²) in [7, 11) is 0. The molecule has 0 amide bonds. The third kappa shape index (κ3) is 1.67. The fraction of sp³-hybridized carbons (Fsp3) is 0. The largest absolute Gasteiger partial charge is 0.285 e. The Hall–Kier alpha value is -2.11. The molecule has 4 rings (SSSR count). The highest BCUT2D eigenvalue weighted by Crippen LogP contribution is 2.28. The van der Waals surface area contributed by atoms with Gasteiger partial charge in [-0.1, -0.05) is 36.4 Å². The van der Waals surface area contributed by atoms with Gasteiger partial charge < -0.3 is 0 Å². The van der Waals surface area contributed by atoms with Crippen molar-refractivity contribution in [2.45, 2.75) is 0 Å². The van der Waals surface area contributed by atoms with Gasteiger partial charge in [-0.05, 0) is 35.2 Å². The lowest BCUT2D eigenvalue weighted by Crippen LogP contribution is -2.02. The van der Waals surface area contributed by atoms with Gasteiger partial charge in [0, 0.05) is 10.8 Å². The standard InChI is InChI=1S/C15H8N2OS2/c18-15(13-9-5-1-3-7-11(9)19-16-13)14-10-6-2-4-8-12(10)20-17-14/h1-8H. The van der Waals surface area contributed by atoms with E-state index in [1.165, 1.54) is 23.1 Å².